The van der Waals surface area contributed by atoms with Gasteiger partial charge in [0.05, 0.1) is 24.2 Å². The molecule has 1 aromatic heterocycles. The first kappa shape index (κ1) is 19.0. The smallest absolute Gasteiger partial charge is 0.249 e. The van der Waals surface area contributed by atoms with Gasteiger partial charge in [-0.15, -0.1) is 0 Å². The Kier molecular flexibility index (Phi) is 4.51. The highest BCUT2D eigenvalue weighted by Gasteiger charge is 2.30. The van der Waals surface area contributed by atoms with E-state index >= 15 is 0 Å². The molecule has 156 valence electrons. The van der Waals surface area contributed by atoms with E-state index in [1.54, 1.807) is 20.1 Å². The first-order valence-corrected chi connectivity index (χ1v) is 10.0. The predicted molar refractivity (Wildman–Crippen MR) is 121 cm³/mol. The summed E-state index contributed by atoms with van der Waals surface area (Å²) in [5.41, 5.74) is 3.44. The van der Waals surface area contributed by atoms with Crippen LogP contribution in [-0.4, -0.2) is 31.5 Å². The zero-order valence-electron chi connectivity index (χ0n) is 17.1. The zero-order valence-corrected chi connectivity index (χ0v) is 17.1. The van der Waals surface area contributed by atoms with E-state index in [0.29, 0.717) is 28.4 Å². The summed E-state index contributed by atoms with van der Waals surface area (Å²) < 4.78 is 11.5. The van der Waals surface area contributed by atoms with E-state index in [-0.39, 0.29) is 18.4 Å². The Morgan fingerprint density at radius 2 is 1.87 bits per heavy atom. The van der Waals surface area contributed by atoms with Crippen LogP contribution < -0.4 is 20.3 Å². The number of amides is 2. The van der Waals surface area contributed by atoms with Gasteiger partial charge in [0.25, 0.3) is 0 Å². The first-order chi connectivity index (χ1) is 15.0. The third-order valence-electron chi connectivity index (χ3n) is 5.48. The van der Waals surface area contributed by atoms with Crippen molar-refractivity contribution in [1.29, 1.82) is 0 Å². The van der Waals surface area contributed by atoms with Crippen molar-refractivity contribution in [1.82, 2.24) is 0 Å². The minimum atomic E-state index is -0.602. The van der Waals surface area contributed by atoms with E-state index in [2.05, 4.69) is 10.6 Å². The maximum absolute atomic E-state index is 13.2. The van der Waals surface area contributed by atoms with Gasteiger partial charge in [0, 0.05) is 16.8 Å². The third-order valence-corrected chi connectivity index (χ3v) is 5.48. The van der Waals surface area contributed by atoms with Gasteiger partial charge in [-0.1, -0.05) is 30.3 Å². The zero-order chi connectivity index (χ0) is 21.5. The number of fused-ring (bicyclic) bond motifs is 4. The highest BCUT2D eigenvalue weighted by Crippen LogP contribution is 2.37. The number of ether oxygens (including phenoxy) is 1. The third kappa shape index (κ3) is 3.24. The molecule has 0 bridgehead atoms. The number of methoxy groups -OCH3 is 1. The average Bonchev–Trinajstić information content (AvgIpc) is 3.14. The van der Waals surface area contributed by atoms with Gasteiger partial charge in [0.2, 0.25) is 11.8 Å². The van der Waals surface area contributed by atoms with E-state index in [1.807, 2.05) is 54.6 Å². The van der Waals surface area contributed by atoms with Crippen LogP contribution in [0.3, 0.4) is 0 Å². The highest BCUT2D eigenvalue weighted by molar-refractivity contribution is 6.12. The molecule has 3 aromatic carbocycles. The summed E-state index contributed by atoms with van der Waals surface area (Å²) in [4.78, 5) is 26.8. The van der Waals surface area contributed by atoms with Crippen LogP contribution in [0.4, 0.5) is 17.1 Å². The Morgan fingerprint density at radius 3 is 2.71 bits per heavy atom. The second-order valence-corrected chi connectivity index (χ2v) is 7.50. The predicted octanol–water partition coefficient (Wildman–Crippen LogP) is 4.38. The second kappa shape index (κ2) is 7.36. The van der Waals surface area contributed by atoms with Crippen molar-refractivity contribution >= 4 is 50.8 Å². The van der Waals surface area contributed by atoms with Crippen molar-refractivity contribution < 1.29 is 18.7 Å². The van der Waals surface area contributed by atoms with Crippen LogP contribution in [0.1, 0.15) is 6.92 Å². The van der Waals surface area contributed by atoms with Gasteiger partial charge < -0.3 is 19.8 Å². The molecule has 2 amide bonds. The number of benzene rings is 3. The summed E-state index contributed by atoms with van der Waals surface area (Å²) in [5.74, 6) is 0.171. The fourth-order valence-corrected chi connectivity index (χ4v) is 3.99. The summed E-state index contributed by atoms with van der Waals surface area (Å²) in [6, 6.07) is 18.2. The number of nitrogens with zero attached hydrogens (tertiary/aromatic N) is 1. The molecule has 2 N–H and O–H groups in total. The molecule has 4 aromatic rings. The topological polar surface area (TPSA) is 83.8 Å². The monoisotopic (exact) mass is 415 g/mol. The van der Waals surface area contributed by atoms with E-state index in [9.17, 15) is 9.59 Å². The van der Waals surface area contributed by atoms with Crippen molar-refractivity contribution in [2.24, 2.45) is 0 Å². The fourth-order valence-electron chi connectivity index (χ4n) is 3.99. The van der Waals surface area contributed by atoms with Gasteiger partial charge >= 0.3 is 0 Å². The minimum Gasteiger partial charge on any atom is -0.495 e. The molecule has 0 saturated heterocycles. The van der Waals surface area contributed by atoms with E-state index < -0.39 is 6.04 Å². The van der Waals surface area contributed by atoms with Gasteiger partial charge in [0.15, 0.2) is 0 Å². The summed E-state index contributed by atoms with van der Waals surface area (Å²) in [7, 11) is 1.59. The van der Waals surface area contributed by atoms with Crippen LogP contribution in [0.5, 0.6) is 5.75 Å². The summed E-state index contributed by atoms with van der Waals surface area (Å²) >= 11 is 0. The van der Waals surface area contributed by atoms with E-state index in [0.717, 1.165) is 16.4 Å². The number of anilines is 3. The SMILES string of the molecule is COc1cc2c(cc1N[C@H](C)C(=O)N1CC(=O)Nc3ccccc31)oc1ccccc12. The number of nitrogens with one attached hydrogen (secondary N) is 2. The van der Waals surface area contributed by atoms with Crippen molar-refractivity contribution in [3.63, 3.8) is 0 Å². The molecule has 0 spiro atoms. The van der Waals surface area contributed by atoms with E-state index in [4.69, 9.17) is 9.15 Å². The molecule has 0 fully saturated rings. The Hall–Kier alpha value is -4.00. The van der Waals surface area contributed by atoms with Gasteiger partial charge in [-0.05, 0) is 31.2 Å². The molecular weight excluding hydrogens is 394 g/mol. The quantitative estimate of drug-likeness (QED) is 0.517. The number of carbonyl (C=O) groups excluding carboxylic acids is 2. The normalized spacial score (nSPS) is 14.3. The highest BCUT2D eigenvalue weighted by atomic mass is 16.5. The maximum Gasteiger partial charge on any atom is 0.249 e. The lowest BCUT2D eigenvalue weighted by Crippen LogP contribution is -2.47. The number of rotatable bonds is 4. The van der Waals surface area contributed by atoms with Crippen molar-refractivity contribution in [2.45, 2.75) is 13.0 Å². The van der Waals surface area contributed by atoms with Gasteiger partial charge in [-0.2, -0.15) is 0 Å². The van der Waals surface area contributed by atoms with Crippen LogP contribution in [0.2, 0.25) is 0 Å². The van der Waals surface area contributed by atoms with Crippen molar-refractivity contribution in [2.75, 3.05) is 29.2 Å². The molecule has 2 heterocycles. The molecule has 7 nitrogen and oxygen atoms in total. The largest absolute Gasteiger partial charge is 0.495 e. The fraction of sp³-hybridized carbons (Fsp3) is 0.167. The molecule has 7 heteroatoms. The molecule has 0 saturated carbocycles. The summed E-state index contributed by atoms with van der Waals surface area (Å²) in [6.07, 6.45) is 0. The molecule has 31 heavy (non-hydrogen) atoms. The van der Waals surface area contributed by atoms with Gasteiger partial charge in [-0.3, -0.25) is 14.5 Å². The molecule has 0 aliphatic carbocycles. The lowest BCUT2D eigenvalue weighted by Gasteiger charge is -2.31. The van der Waals surface area contributed by atoms with Crippen molar-refractivity contribution in [3.8, 4) is 5.75 Å². The number of carbonyl (C=O) groups is 2. The van der Waals surface area contributed by atoms with Crippen LogP contribution in [-0.2, 0) is 9.59 Å². The number of furan rings is 1. The summed E-state index contributed by atoms with van der Waals surface area (Å²) in [6.45, 7) is 1.74. The molecular formula is C24H21N3O4. The lowest BCUT2D eigenvalue weighted by molar-refractivity contribution is -0.122. The Labute approximate surface area is 178 Å². The van der Waals surface area contributed by atoms with Gasteiger partial charge in [-0.25, -0.2) is 0 Å². The maximum atomic E-state index is 13.2. The Morgan fingerprint density at radius 1 is 1.10 bits per heavy atom. The van der Waals surface area contributed by atoms with Gasteiger partial charge in [0.1, 0.15) is 29.5 Å². The summed E-state index contributed by atoms with van der Waals surface area (Å²) in [5, 5.41) is 7.98. The van der Waals surface area contributed by atoms with Crippen molar-refractivity contribution in [3.05, 3.63) is 60.7 Å². The lowest BCUT2D eigenvalue weighted by atomic mass is 10.1. The Balaban J connectivity index is 1.47. The molecule has 1 atom stereocenters. The number of hydrogen-bond acceptors (Lipinski definition) is 5. The molecule has 0 radical (unpaired) electrons. The van der Waals surface area contributed by atoms with E-state index in [1.165, 1.54) is 4.90 Å². The van der Waals surface area contributed by atoms with Crippen LogP contribution in [0.25, 0.3) is 21.9 Å². The molecule has 0 unspecified atom stereocenters. The first-order valence-electron chi connectivity index (χ1n) is 10.0. The molecule has 5 rings (SSSR count). The average molecular weight is 415 g/mol. The Bertz CT molecular complexity index is 1330. The number of para-hydroxylation sites is 3. The molecule has 1 aliphatic rings. The van der Waals surface area contributed by atoms with Crippen LogP contribution in [0, 0.1) is 0 Å². The van der Waals surface area contributed by atoms with Crippen LogP contribution >= 0.6 is 0 Å². The standard InChI is InChI=1S/C24H21N3O4/c1-14(24(29)27-13-23(28)26-17-8-4-5-9-19(17)27)25-18-12-21-16(11-22(18)30-2)15-7-3-6-10-20(15)31-21/h3-12,14,25H,13H2,1-2H3,(H,26,28)/t14-/m1/s1. The van der Waals surface area contributed by atoms with Crippen LogP contribution in [0.15, 0.2) is 65.1 Å². The number of hydrogen-bond donors (Lipinski definition) is 2. The minimum absolute atomic E-state index is 0.0262. The molecule has 1 aliphatic heterocycles. The second-order valence-electron chi connectivity index (χ2n) is 7.50.